The van der Waals surface area contributed by atoms with Crippen LogP contribution >= 0.6 is 23.4 Å². The first kappa shape index (κ1) is 18.5. The van der Waals surface area contributed by atoms with Crippen molar-refractivity contribution in [3.05, 3.63) is 99.9 Å². The summed E-state index contributed by atoms with van der Waals surface area (Å²) in [5.41, 5.74) is 2.55. The Kier molecular flexibility index (Phi) is 5.07. The minimum absolute atomic E-state index is 0.307. The molecule has 0 saturated carbocycles. The van der Waals surface area contributed by atoms with Crippen LogP contribution in [0.15, 0.2) is 88.7 Å². The highest BCUT2D eigenvalue weighted by Gasteiger charge is 2.40. The van der Waals surface area contributed by atoms with E-state index < -0.39 is 0 Å². The third-order valence-corrected chi connectivity index (χ3v) is 5.84. The van der Waals surface area contributed by atoms with Crippen molar-refractivity contribution in [1.82, 2.24) is 0 Å². The smallest absolute Gasteiger partial charge is 0.268 e. The van der Waals surface area contributed by atoms with Crippen LogP contribution in [0, 0.1) is 6.92 Å². The molecule has 0 bridgehead atoms. The van der Waals surface area contributed by atoms with E-state index in [2.05, 4.69) is 0 Å². The molecule has 3 nitrogen and oxygen atoms in total. The SMILES string of the molecule is Cc1ccccc1N1C(=O)C(Sc2ccccc2)=C(c2ccc(Cl)cc2)C1=O. The fourth-order valence-corrected chi connectivity index (χ4v) is 4.26. The Hall–Kier alpha value is -2.82. The number of carbonyl (C=O) groups excluding carboxylic acids is 2. The summed E-state index contributed by atoms with van der Waals surface area (Å²) in [6.45, 7) is 1.89. The van der Waals surface area contributed by atoms with Crippen molar-refractivity contribution in [2.24, 2.45) is 0 Å². The number of hydrogen-bond donors (Lipinski definition) is 0. The van der Waals surface area contributed by atoms with E-state index in [0.29, 0.717) is 26.8 Å². The zero-order valence-corrected chi connectivity index (χ0v) is 16.6. The number of halogens is 1. The number of thioether (sulfide) groups is 1. The second-order valence-corrected chi connectivity index (χ2v) is 7.88. The number of rotatable bonds is 4. The summed E-state index contributed by atoms with van der Waals surface area (Å²) in [5, 5.41) is 0.578. The molecule has 4 rings (SSSR count). The molecule has 5 heteroatoms. The summed E-state index contributed by atoms with van der Waals surface area (Å²) >= 11 is 7.32. The maximum absolute atomic E-state index is 13.4. The Morgan fingerprint density at radius 1 is 0.786 bits per heavy atom. The number of imide groups is 1. The lowest BCUT2D eigenvalue weighted by Gasteiger charge is -2.17. The molecule has 0 radical (unpaired) electrons. The van der Waals surface area contributed by atoms with Crippen LogP contribution in [0.5, 0.6) is 0 Å². The highest BCUT2D eigenvalue weighted by Crippen LogP contribution is 2.42. The Labute approximate surface area is 172 Å². The number of anilines is 1. The molecule has 1 aliphatic heterocycles. The van der Waals surface area contributed by atoms with Crippen LogP contribution in [0.25, 0.3) is 5.57 Å². The lowest BCUT2D eigenvalue weighted by molar-refractivity contribution is -0.119. The largest absolute Gasteiger partial charge is 0.272 e. The number of nitrogens with zero attached hydrogens (tertiary/aromatic N) is 1. The van der Waals surface area contributed by atoms with Gasteiger partial charge in [-0.15, -0.1) is 0 Å². The predicted octanol–water partition coefficient (Wildman–Crippen LogP) is 5.73. The van der Waals surface area contributed by atoms with Crippen molar-refractivity contribution in [3.63, 3.8) is 0 Å². The fourth-order valence-electron chi connectivity index (χ4n) is 3.11. The zero-order valence-electron chi connectivity index (χ0n) is 15.1. The van der Waals surface area contributed by atoms with Crippen molar-refractivity contribution in [2.45, 2.75) is 11.8 Å². The van der Waals surface area contributed by atoms with E-state index >= 15 is 0 Å². The quantitative estimate of drug-likeness (QED) is 0.520. The molecule has 0 spiro atoms. The van der Waals surface area contributed by atoms with Gasteiger partial charge < -0.3 is 0 Å². The Bertz CT molecular complexity index is 1090. The molecule has 0 unspecified atom stereocenters. The average Bonchev–Trinajstić information content (AvgIpc) is 2.94. The summed E-state index contributed by atoms with van der Waals surface area (Å²) in [4.78, 5) is 29.3. The number of para-hydroxylation sites is 1. The minimum Gasteiger partial charge on any atom is -0.268 e. The third-order valence-electron chi connectivity index (χ3n) is 4.49. The summed E-state index contributed by atoms with van der Waals surface area (Å²) in [6.07, 6.45) is 0. The van der Waals surface area contributed by atoms with E-state index in [-0.39, 0.29) is 11.8 Å². The topological polar surface area (TPSA) is 37.4 Å². The van der Waals surface area contributed by atoms with Crippen LogP contribution in [0.2, 0.25) is 5.02 Å². The molecule has 0 aliphatic carbocycles. The van der Waals surface area contributed by atoms with Crippen LogP contribution < -0.4 is 4.90 Å². The van der Waals surface area contributed by atoms with Gasteiger partial charge in [-0.1, -0.05) is 71.9 Å². The normalized spacial score (nSPS) is 14.1. The van der Waals surface area contributed by atoms with E-state index in [9.17, 15) is 9.59 Å². The fraction of sp³-hybridized carbons (Fsp3) is 0.0435. The number of hydrogen-bond acceptors (Lipinski definition) is 3. The van der Waals surface area contributed by atoms with Crippen LogP contribution in [-0.2, 0) is 9.59 Å². The summed E-state index contributed by atoms with van der Waals surface area (Å²) < 4.78 is 0. The van der Waals surface area contributed by atoms with Crippen molar-refractivity contribution in [2.75, 3.05) is 4.90 Å². The van der Waals surface area contributed by atoms with E-state index in [1.807, 2.05) is 55.5 Å². The molecule has 138 valence electrons. The van der Waals surface area contributed by atoms with Gasteiger partial charge in [0.05, 0.1) is 16.2 Å². The number of aryl methyl sites for hydroxylation is 1. The second-order valence-electron chi connectivity index (χ2n) is 6.36. The highest BCUT2D eigenvalue weighted by molar-refractivity contribution is 8.04. The van der Waals surface area contributed by atoms with Crippen LogP contribution in [-0.4, -0.2) is 11.8 Å². The molecule has 2 amide bonds. The molecule has 1 heterocycles. The molecule has 1 aliphatic rings. The monoisotopic (exact) mass is 405 g/mol. The van der Waals surface area contributed by atoms with Crippen LogP contribution in [0.4, 0.5) is 5.69 Å². The molecular weight excluding hydrogens is 390 g/mol. The molecule has 0 N–H and O–H groups in total. The van der Waals surface area contributed by atoms with Crippen LogP contribution in [0.1, 0.15) is 11.1 Å². The van der Waals surface area contributed by atoms with Gasteiger partial charge in [-0.05, 0) is 48.4 Å². The lowest BCUT2D eigenvalue weighted by atomic mass is 10.1. The Morgan fingerprint density at radius 3 is 2.11 bits per heavy atom. The first-order chi connectivity index (χ1) is 13.6. The van der Waals surface area contributed by atoms with Crippen molar-refractivity contribution in [3.8, 4) is 0 Å². The molecule has 0 fully saturated rings. The molecule has 0 saturated heterocycles. The first-order valence-corrected chi connectivity index (χ1v) is 9.93. The van der Waals surface area contributed by atoms with E-state index in [1.165, 1.54) is 16.7 Å². The third kappa shape index (κ3) is 3.37. The van der Waals surface area contributed by atoms with Crippen LogP contribution in [0.3, 0.4) is 0 Å². The average molecular weight is 406 g/mol. The van der Waals surface area contributed by atoms with E-state index in [0.717, 1.165) is 10.5 Å². The summed E-state index contributed by atoms with van der Waals surface area (Å²) in [5.74, 6) is -0.627. The molecule has 28 heavy (non-hydrogen) atoms. The Morgan fingerprint density at radius 2 is 1.43 bits per heavy atom. The molecule has 0 atom stereocenters. The Balaban J connectivity index is 1.84. The van der Waals surface area contributed by atoms with E-state index in [4.69, 9.17) is 11.6 Å². The predicted molar refractivity (Wildman–Crippen MR) is 114 cm³/mol. The maximum Gasteiger partial charge on any atom is 0.272 e. The summed E-state index contributed by atoms with van der Waals surface area (Å²) in [7, 11) is 0. The molecule has 3 aromatic carbocycles. The van der Waals surface area contributed by atoms with Gasteiger partial charge in [0.2, 0.25) is 0 Å². The van der Waals surface area contributed by atoms with Gasteiger partial charge in [0.1, 0.15) is 0 Å². The molecule has 0 aromatic heterocycles. The van der Waals surface area contributed by atoms with Gasteiger partial charge in [0.25, 0.3) is 11.8 Å². The van der Waals surface area contributed by atoms with Gasteiger partial charge in [0, 0.05) is 9.92 Å². The molecular formula is C23H16ClNO2S. The summed E-state index contributed by atoms with van der Waals surface area (Å²) in [6, 6.07) is 24.0. The van der Waals surface area contributed by atoms with Gasteiger partial charge in [-0.25, -0.2) is 4.90 Å². The van der Waals surface area contributed by atoms with Crippen molar-refractivity contribution < 1.29 is 9.59 Å². The minimum atomic E-state index is -0.319. The van der Waals surface area contributed by atoms with Crippen molar-refractivity contribution in [1.29, 1.82) is 0 Å². The highest BCUT2D eigenvalue weighted by atomic mass is 35.5. The standard InChI is InChI=1S/C23H16ClNO2S/c1-15-7-5-6-10-19(15)25-22(26)20(16-11-13-17(24)14-12-16)21(23(25)27)28-18-8-3-2-4-9-18/h2-14H,1H3. The number of carbonyl (C=O) groups is 2. The van der Waals surface area contributed by atoms with Gasteiger partial charge >= 0.3 is 0 Å². The zero-order chi connectivity index (χ0) is 19.7. The number of amides is 2. The van der Waals surface area contributed by atoms with E-state index in [1.54, 1.807) is 30.3 Å². The van der Waals surface area contributed by atoms with Crippen molar-refractivity contribution >= 4 is 46.4 Å². The van der Waals surface area contributed by atoms with Gasteiger partial charge in [-0.3, -0.25) is 9.59 Å². The maximum atomic E-state index is 13.4. The van der Waals surface area contributed by atoms with Gasteiger partial charge in [0.15, 0.2) is 0 Å². The lowest BCUT2D eigenvalue weighted by Crippen LogP contribution is -2.31. The van der Waals surface area contributed by atoms with Gasteiger partial charge in [-0.2, -0.15) is 0 Å². The first-order valence-electron chi connectivity index (χ1n) is 8.74. The number of benzene rings is 3. The second kappa shape index (κ2) is 7.66. The molecule has 3 aromatic rings.